The number of hydrazone groups is 1. The number of hydrogen-bond donors (Lipinski definition) is 3. The highest BCUT2D eigenvalue weighted by Gasteiger charge is 2.20. The number of rotatable bonds is 3. The number of anilines is 1. The number of benzene rings is 1. The van der Waals surface area contributed by atoms with E-state index in [0.29, 0.717) is 4.47 Å². The van der Waals surface area contributed by atoms with Crippen LogP contribution in [0.25, 0.3) is 0 Å². The van der Waals surface area contributed by atoms with E-state index < -0.39 is 11.9 Å². The molecule has 2 rings (SSSR count). The van der Waals surface area contributed by atoms with Gasteiger partial charge in [-0.2, -0.15) is 5.10 Å². The van der Waals surface area contributed by atoms with Crippen molar-refractivity contribution in [1.82, 2.24) is 5.43 Å². The number of aromatic carboxylic acids is 1. The Balaban J connectivity index is 2.20. The van der Waals surface area contributed by atoms with Crippen LogP contribution in [0.4, 0.5) is 5.69 Å². The molecule has 0 fully saturated rings. The molecule has 1 heterocycles. The minimum atomic E-state index is -1.15. The lowest BCUT2D eigenvalue weighted by molar-refractivity contribution is -0.121. The van der Waals surface area contributed by atoms with Gasteiger partial charge in [0.2, 0.25) is 5.91 Å². The second-order valence-corrected chi connectivity index (χ2v) is 4.96. The zero-order chi connectivity index (χ0) is 14.7. The fraction of sp³-hybridized carbons (Fsp3) is 0.167. The van der Waals surface area contributed by atoms with Gasteiger partial charge in [-0.25, -0.2) is 10.2 Å². The van der Waals surface area contributed by atoms with Crippen LogP contribution >= 0.6 is 15.9 Å². The highest BCUT2D eigenvalue weighted by atomic mass is 79.9. The highest BCUT2D eigenvalue weighted by molar-refractivity contribution is 9.10. The Labute approximate surface area is 122 Å². The number of carboxylic acid groups (broad SMARTS) is 1. The van der Waals surface area contributed by atoms with Crippen LogP contribution in [-0.4, -0.2) is 28.6 Å². The summed E-state index contributed by atoms with van der Waals surface area (Å²) in [5.41, 5.74) is 2.50. The van der Waals surface area contributed by atoms with E-state index in [0.717, 1.165) is 0 Å². The first kappa shape index (κ1) is 14.2. The molecule has 20 heavy (non-hydrogen) atoms. The summed E-state index contributed by atoms with van der Waals surface area (Å²) in [6.07, 6.45) is 0.398. The fourth-order valence-electron chi connectivity index (χ4n) is 1.63. The number of nitrogens with zero attached hydrogens (tertiary/aromatic N) is 1. The van der Waals surface area contributed by atoms with Crippen molar-refractivity contribution >= 4 is 45.1 Å². The number of nitrogens with one attached hydrogen (secondary N) is 2. The number of carbonyl (C=O) groups excluding carboxylic acids is 2. The van der Waals surface area contributed by atoms with Crippen LogP contribution in [0.2, 0.25) is 0 Å². The molecule has 1 aromatic rings. The van der Waals surface area contributed by atoms with E-state index in [1.807, 2.05) is 0 Å². The third-order valence-corrected chi connectivity index (χ3v) is 3.12. The van der Waals surface area contributed by atoms with E-state index in [-0.39, 0.29) is 35.7 Å². The summed E-state index contributed by atoms with van der Waals surface area (Å²) in [7, 11) is 0. The molecule has 0 saturated carbocycles. The molecule has 7 nitrogen and oxygen atoms in total. The molecular weight excluding hydrogens is 330 g/mol. The van der Waals surface area contributed by atoms with Gasteiger partial charge in [-0.15, -0.1) is 0 Å². The molecule has 1 aromatic carbocycles. The van der Waals surface area contributed by atoms with E-state index in [2.05, 4.69) is 31.8 Å². The summed E-state index contributed by atoms with van der Waals surface area (Å²) in [6, 6.07) is 4.49. The molecule has 0 radical (unpaired) electrons. The predicted molar refractivity (Wildman–Crippen MR) is 74.5 cm³/mol. The average molecular weight is 340 g/mol. The second-order valence-electron chi connectivity index (χ2n) is 4.04. The molecule has 8 heteroatoms. The van der Waals surface area contributed by atoms with Gasteiger partial charge in [-0.3, -0.25) is 9.59 Å². The number of carbonyl (C=O) groups is 3. The van der Waals surface area contributed by atoms with Gasteiger partial charge >= 0.3 is 5.97 Å². The standard InChI is InChI=1S/C12H10BrN3O4/c13-6-1-2-8(7(5-6)12(19)20)14-11(18)9-3-4-10(17)16-15-9/h1-2,5H,3-4H2,(H,14,18)(H,16,17)(H,19,20). The van der Waals surface area contributed by atoms with Gasteiger partial charge < -0.3 is 10.4 Å². The van der Waals surface area contributed by atoms with Crippen LogP contribution in [-0.2, 0) is 9.59 Å². The quantitative estimate of drug-likeness (QED) is 0.772. The summed E-state index contributed by atoms with van der Waals surface area (Å²) in [5.74, 6) is -1.94. The molecule has 0 bridgehead atoms. The predicted octanol–water partition coefficient (Wildman–Crippen LogP) is 1.35. The van der Waals surface area contributed by atoms with Crippen LogP contribution in [0.5, 0.6) is 0 Å². The molecule has 0 aliphatic carbocycles. The summed E-state index contributed by atoms with van der Waals surface area (Å²) >= 11 is 3.17. The lowest BCUT2D eigenvalue weighted by Gasteiger charge is -2.13. The Bertz CT molecular complexity index is 627. The molecule has 0 atom stereocenters. The average Bonchev–Trinajstić information content (AvgIpc) is 2.41. The zero-order valence-electron chi connectivity index (χ0n) is 10.1. The molecule has 1 aliphatic rings. The molecule has 2 amide bonds. The van der Waals surface area contributed by atoms with E-state index >= 15 is 0 Å². The Kier molecular flexibility index (Phi) is 4.14. The van der Waals surface area contributed by atoms with Gasteiger partial charge in [0.15, 0.2) is 0 Å². The largest absolute Gasteiger partial charge is 0.478 e. The van der Waals surface area contributed by atoms with Gasteiger partial charge in [0.05, 0.1) is 11.3 Å². The monoisotopic (exact) mass is 339 g/mol. The van der Waals surface area contributed by atoms with Crippen molar-refractivity contribution in [2.75, 3.05) is 5.32 Å². The summed E-state index contributed by atoms with van der Waals surface area (Å²) < 4.78 is 0.593. The van der Waals surface area contributed by atoms with Crippen molar-refractivity contribution in [2.24, 2.45) is 5.10 Å². The van der Waals surface area contributed by atoms with Crippen LogP contribution in [0, 0.1) is 0 Å². The minimum Gasteiger partial charge on any atom is -0.478 e. The van der Waals surface area contributed by atoms with E-state index in [4.69, 9.17) is 5.11 Å². The van der Waals surface area contributed by atoms with Gasteiger partial charge in [0, 0.05) is 17.3 Å². The first-order chi connectivity index (χ1) is 9.47. The first-order valence-electron chi connectivity index (χ1n) is 5.67. The molecule has 0 spiro atoms. The minimum absolute atomic E-state index is 0.0341. The molecule has 104 valence electrons. The SMILES string of the molecule is O=C1CCC(C(=O)Nc2ccc(Br)cc2C(=O)O)=NN1. The van der Waals surface area contributed by atoms with Crippen LogP contribution in [0.15, 0.2) is 27.8 Å². The lowest BCUT2D eigenvalue weighted by Crippen LogP contribution is -2.33. The van der Waals surface area contributed by atoms with E-state index in [1.54, 1.807) is 6.07 Å². The summed E-state index contributed by atoms with van der Waals surface area (Å²) in [6.45, 7) is 0. The second kappa shape index (κ2) is 5.83. The number of carboxylic acids is 1. The molecule has 0 aromatic heterocycles. The Morgan fingerprint density at radius 2 is 2.10 bits per heavy atom. The number of amides is 2. The molecule has 0 saturated heterocycles. The lowest BCUT2D eigenvalue weighted by atomic mass is 10.1. The fourth-order valence-corrected chi connectivity index (χ4v) is 2.00. The molecule has 0 unspecified atom stereocenters. The third-order valence-electron chi connectivity index (χ3n) is 2.63. The van der Waals surface area contributed by atoms with Gasteiger partial charge in [0.25, 0.3) is 5.91 Å². The molecular formula is C12H10BrN3O4. The maximum atomic E-state index is 11.9. The Morgan fingerprint density at radius 1 is 1.35 bits per heavy atom. The maximum Gasteiger partial charge on any atom is 0.337 e. The maximum absolute atomic E-state index is 11.9. The molecule has 1 aliphatic heterocycles. The van der Waals surface area contributed by atoms with Crippen molar-refractivity contribution in [1.29, 1.82) is 0 Å². The van der Waals surface area contributed by atoms with Gasteiger partial charge in [-0.05, 0) is 18.2 Å². The first-order valence-corrected chi connectivity index (χ1v) is 6.46. The smallest absolute Gasteiger partial charge is 0.337 e. The van der Waals surface area contributed by atoms with Crippen molar-refractivity contribution in [2.45, 2.75) is 12.8 Å². The van der Waals surface area contributed by atoms with Crippen molar-refractivity contribution in [3.05, 3.63) is 28.2 Å². The topological polar surface area (TPSA) is 108 Å². The van der Waals surface area contributed by atoms with Crippen molar-refractivity contribution in [3.8, 4) is 0 Å². The summed E-state index contributed by atoms with van der Waals surface area (Å²) in [5, 5.41) is 15.2. The normalized spacial score (nSPS) is 14.2. The number of hydrogen-bond acceptors (Lipinski definition) is 4. The third kappa shape index (κ3) is 3.21. The molecule has 3 N–H and O–H groups in total. The zero-order valence-corrected chi connectivity index (χ0v) is 11.7. The van der Waals surface area contributed by atoms with Crippen LogP contribution < -0.4 is 10.7 Å². The van der Waals surface area contributed by atoms with Crippen LogP contribution in [0.3, 0.4) is 0 Å². The van der Waals surface area contributed by atoms with Gasteiger partial charge in [-0.1, -0.05) is 15.9 Å². The van der Waals surface area contributed by atoms with Crippen LogP contribution in [0.1, 0.15) is 23.2 Å². The highest BCUT2D eigenvalue weighted by Crippen LogP contribution is 2.21. The van der Waals surface area contributed by atoms with Crippen molar-refractivity contribution < 1.29 is 19.5 Å². The number of halogens is 1. The Hall–Kier alpha value is -2.22. The van der Waals surface area contributed by atoms with Gasteiger partial charge in [0.1, 0.15) is 5.71 Å². The van der Waals surface area contributed by atoms with Crippen molar-refractivity contribution in [3.63, 3.8) is 0 Å². The Morgan fingerprint density at radius 3 is 2.70 bits per heavy atom. The van der Waals surface area contributed by atoms with E-state index in [9.17, 15) is 14.4 Å². The summed E-state index contributed by atoms with van der Waals surface area (Å²) in [4.78, 5) is 34.0. The van der Waals surface area contributed by atoms with E-state index in [1.165, 1.54) is 12.1 Å².